The normalized spacial score (nSPS) is 11.3. The zero-order valence-electron chi connectivity index (χ0n) is 12.9. The number of hydrogen-bond donors (Lipinski definition) is 0. The van der Waals surface area contributed by atoms with Gasteiger partial charge in [0.1, 0.15) is 22.6 Å². The molecule has 0 fully saturated rings. The van der Waals surface area contributed by atoms with Crippen molar-refractivity contribution in [2.24, 2.45) is 7.05 Å². The second-order valence-electron chi connectivity index (χ2n) is 5.25. The molecule has 0 spiro atoms. The molecule has 3 aromatic rings. The number of nitrogens with zero attached hydrogens (tertiary/aromatic N) is 7. The highest BCUT2D eigenvalue weighted by molar-refractivity contribution is 9.10. The van der Waals surface area contributed by atoms with Gasteiger partial charge in [-0.2, -0.15) is 5.10 Å². The molecule has 0 saturated carbocycles. The summed E-state index contributed by atoms with van der Waals surface area (Å²) < 4.78 is 4.69. The summed E-state index contributed by atoms with van der Waals surface area (Å²) in [7, 11) is 3.92. The Morgan fingerprint density at radius 1 is 1.27 bits per heavy atom. The fraction of sp³-hybridized carbons (Fsp3) is 0.429. The molecule has 8 heteroatoms. The number of aryl methyl sites for hydroxylation is 3. The van der Waals surface area contributed by atoms with Crippen molar-refractivity contribution in [1.29, 1.82) is 0 Å². The molecule has 0 aliphatic carbocycles. The Morgan fingerprint density at radius 3 is 2.82 bits per heavy atom. The Balaban J connectivity index is 1.75. The van der Waals surface area contributed by atoms with E-state index in [4.69, 9.17) is 0 Å². The molecule has 0 N–H and O–H groups in total. The molecule has 0 radical (unpaired) electrons. The fourth-order valence-electron chi connectivity index (χ4n) is 2.54. The molecule has 3 heterocycles. The molecule has 0 aromatic carbocycles. The van der Waals surface area contributed by atoms with Gasteiger partial charge in [-0.25, -0.2) is 19.6 Å². The topological polar surface area (TPSA) is 64.7 Å². The summed E-state index contributed by atoms with van der Waals surface area (Å²) in [5.41, 5.74) is 0.828. The van der Waals surface area contributed by atoms with E-state index < -0.39 is 0 Å². The van der Waals surface area contributed by atoms with Gasteiger partial charge in [0, 0.05) is 39.6 Å². The molecule has 3 aromatic heterocycles. The van der Waals surface area contributed by atoms with Crippen molar-refractivity contribution >= 4 is 32.8 Å². The molecular weight excluding hydrogens is 346 g/mol. The third kappa shape index (κ3) is 2.70. The van der Waals surface area contributed by atoms with Crippen LogP contribution >= 0.6 is 15.9 Å². The molecule has 22 heavy (non-hydrogen) atoms. The van der Waals surface area contributed by atoms with Gasteiger partial charge in [-0.1, -0.05) is 0 Å². The van der Waals surface area contributed by atoms with Gasteiger partial charge in [0.2, 0.25) is 0 Å². The number of imidazole rings is 1. The maximum absolute atomic E-state index is 4.43. The first kappa shape index (κ1) is 15.0. The Kier molecular flexibility index (Phi) is 4.10. The standard InChI is InChI=1S/C14H18BrN7/c1-10-16-5-8-22(10)7-4-6-20(2)13-11-12(15)19-21(3)14(11)18-9-17-13/h5,8-9H,4,6-7H2,1-3H3. The van der Waals surface area contributed by atoms with Crippen LogP contribution in [0.1, 0.15) is 12.2 Å². The van der Waals surface area contributed by atoms with Crippen LogP contribution in [0.15, 0.2) is 23.3 Å². The number of aromatic nitrogens is 6. The molecule has 0 atom stereocenters. The van der Waals surface area contributed by atoms with E-state index in [2.05, 4.69) is 45.4 Å². The van der Waals surface area contributed by atoms with Crippen LogP contribution in [0.3, 0.4) is 0 Å². The third-order valence-corrected chi connectivity index (χ3v) is 4.29. The second kappa shape index (κ2) is 6.04. The summed E-state index contributed by atoms with van der Waals surface area (Å²) in [5, 5.41) is 5.31. The quantitative estimate of drug-likeness (QED) is 0.694. The largest absolute Gasteiger partial charge is 0.359 e. The van der Waals surface area contributed by atoms with Crippen LogP contribution in [0.25, 0.3) is 11.0 Å². The molecule has 0 saturated heterocycles. The maximum Gasteiger partial charge on any atom is 0.164 e. The second-order valence-corrected chi connectivity index (χ2v) is 6.00. The minimum atomic E-state index is 0.776. The van der Waals surface area contributed by atoms with Gasteiger partial charge in [0.15, 0.2) is 5.65 Å². The fourth-order valence-corrected chi connectivity index (χ4v) is 3.13. The summed E-state index contributed by atoms with van der Waals surface area (Å²) in [6.07, 6.45) is 6.44. The van der Waals surface area contributed by atoms with Gasteiger partial charge in [0.05, 0.1) is 5.39 Å². The monoisotopic (exact) mass is 363 g/mol. The molecule has 116 valence electrons. The number of halogens is 1. The van der Waals surface area contributed by atoms with Crippen LogP contribution in [0.4, 0.5) is 5.82 Å². The lowest BCUT2D eigenvalue weighted by atomic mass is 10.3. The molecule has 0 unspecified atom stereocenters. The molecule has 0 amide bonds. The lowest BCUT2D eigenvalue weighted by Gasteiger charge is -2.19. The molecule has 0 bridgehead atoms. The summed E-state index contributed by atoms with van der Waals surface area (Å²) in [6.45, 7) is 3.86. The van der Waals surface area contributed by atoms with E-state index >= 15 is 0 Å². The molecule has 7 nitrogen and oxygen atoms in total. The lowest BCUT2D eigenvalue weighted by molar-refractivity contribution is 0.621. The van der Waals surface area contributed by atoms with Crippen molar-refractivity contribution < 1.29 is 0 Å². The van der Waals surface area contributed by atoms with E-state index in [1.54, 1.807) is 11.0 Å². The number of hydrogen-bond acceptors (Lipinski definition) is 5. The first-order chi connectivity index (χ1) is 10.6. The minimum absolute atomic E-state index is 0.776. The van der Waals surface area contributed by atoms with Gasteiger partial charge in [-0.15, -0.1) is 0 Å². The zero-order chi connectivity index (χ0) is 15.7. The van der Waals surface area contributed by atoms with Crippen molar-refractivity contribution in [3.63, 3.8) is 0 Å². The van der Waals surface area contributed by atoms with Gasteiger partial charge < -0.3 is 9.47 Å². The molecular formula is C14H18BrN7. The van der Waals surface area contributed by atoms with Crippen molar-refractivity contribution in [3.05, 3.63) is 29.1 Å². The first-order valence-electron chi connectivity index (χ1n) is 7.10. The molecule has 0 aliphatic heterocycles. The van der Waals surface area contributed by atoms with Crippen LogP contribution in [0.5, 0.6) is 0 Å². The van der Waals surface area contributed by atoms with E-state index in [9.17, 15) is 0 Å². The molecule has 0 aliphatic rings. The average Bonchev–Trinajstić information content (AvgIpc) is 3.03. The van der Waals surface area contributed by atoms with E-state index in [1.807, 2.05) is 33.4 Å². The number of fused-ring (bicyclic) bond motifs is 1. The summed E-state index contributed by atoms with van der Waals surface area (Å²) in [6, 6.07) is 0. The highest BCUT2D eigenvalue weighted by atomic mass is 79.9. The van der Waals surface area contributed by atoms with Crippen LogP contribution in [0, 0.1) is 6.92 Å². The molecule has 3 rings (SSSR count). The Hall–Kier alpha value is -1.96. The SMILES string of the molecule is Cc1nccn1CCCN(C)c1ncnc2c1c(Br)nn2C. The third-order valence-electron chi connectivity index (χ3n) is 3.74. The average molecular weight is 364 g/mol. The van der Waals surface area contributed by atoms with Gasteiger partial charge >= 0.3 is 0 Å². The van der Waals surface area contributed by atoms with E-state index in [0.29, 0.717) is 0 Å². The highest BCUT2D eigenvalue weighted by Gasteiger charge is 2.16. The summed E-state index contributed by atoms with van der Waals surface area (Å²) in [5.74, 6) is 1.94. The van der Waals surface area contributed by atoms with E-state index in [0.717, 1.165) is 46.8 Å². The van der Waals surface area contributed by atoms with Crippen molar-refractivity contribution in [1.82, 2.24) is 29.3 Å². The van der Waals surface area contributed by atoms with Crippen molar-refractivity contribution in [2.75, 3.05) is 18.5 Å². The smallest absolute Gasteiger partial charge is 0.164 e. The Morgan fingerprint density at radius 2 is 2.09 bits per heavy atom. The lowest BCUT2D eigenvalue weighted by Crippen LogP contribution is -2.21. The minimum Gasteiger partial charge on any atom is -0.359 e. The number of rotatable bonds is 5. The van der Waals surface area contributed by atoms with Gasteiger partial charge in [-0.3, -0.25) is 0 Å². The van der Waals surface area contributed by atoms with Gasteiger partial charge in [-0.05, 0) is 29.3 Å². The Labute approximate surface area is 137 Å². The van der Waals surface area contributed by atoms with E-state index in [1.165, 1.54) is 0 Å². The predicted octanol–water partition coefficient (Wildman–Crippen LogP) is 2.16. The van der Waals surface area contributed by atoms with Crippen molar-refractivity contribution in [2.45, 2.75) is 19.9 Å². The zero-order valence-corrected chi connectivity index (χ0v) is 14.4. The van der Waals surface area contributed by atoms with Crippen LogP contribution in [0.2, 0.25) is 0 Å². The van der Waals surface area contributed by atoms with Gasteiger partial charge in [0.25, 0.3) is 0 Å². The van der Waals surface area contributed by atoms with Crippen LogP contribution in [-0.4, -0.2) is 42.9 Å². The van der Waals surface area contributed by atoms with Crippen LogP contribution < -0.4 is 4.90 Å². The maximum atomic E-state index is 4.43. The van der Waals surface area contributed by atoms with Crippen LogP contribution in [-0.2, 0) is 13.6 Å². The first-order valence-corrected chi connectivity index (χ1v) is 7.89. The predicted molar refractivity (Wildman–Crippen MR) is 88.9 cm³/mol. The highest BCUT2D eigenvalue weighted by Crippen LogP contribution is 2.28. The Bertz CT molecular complexity index is 792. The summed E-state index contributed by atoms with van der Waals surface area (Å²) in [4.78, 5) is 15.1. The summed E-state index contributed by atoms with van der Waals surface area (Å²) >= 11 is 3.50. The van der Waals surface area contributed by atoms with Crippen molar-refractivity contribution in [3.8, 4) is 0 Å². The van der Waals surface area contributed by atoms with E-state index in [-0.39, 0.29) is 0 Å². The number of anilines is 1.